The summed E-state index contributed by atoms with van der Waals surface area (Å²) in [6.45, 7) is 1.01. The van der Waals surface area contributed by atoms with E-state index in [9.17, 15) is 4.79 Å². The van der Waals surface area contributed by atoms with Gasteiger partial charge in [0.1, 0.15) is 0 Å². The number of allylic oxidation sites excluding steroid dienone is 2. The highest BCUT2D eigenvalue weighted by Gasteiger charge is 1.86. The maximum Gasteiger partial charge on any atom is 0.293 e. The fourth-order valence-corrected chi connectivity index (χ4v) is 1.28. The minimum atomic E-state index is 0.494. The van der Waals surface area contributed by atoms with Crippen LogP contribution < -0.4 is 0 Å². The van der Waals surface area contributed by atoms with Gasteiger partial charge in [-0.15, -0.1) is 0 Å². The molecule has 0 aromatic heterocycles. The molecule has 0 saturated heterocycles. The zero-order valence-corrected chi connectivity index (χ0v) is 8.76. The molecule has 0 heterocycles. The molecule has 0 aliphatic rings. The fourth-order valence-electron chi connectivity index (χ4n) is 1.28. The molecule has 1 rings (SSSR count). The maximum atomic E-state index is 9.84. The van der Waals surface area contributed by atoms with E-state index in [0.29, 0.717) is 13.1 Å². The summed E-state index contributed by atoms with van der Waals surface area (Å²) in [5.74, 6) is 0. The molecule has 2 nitrogen and oxygen atoms in total. The summed E-state index contributed by atoms with van der Waals surface area (Å²) in [5.41, 5.74) is 1.32. The topological polar surface area (TPSA) is 26.3 Å². The van der Waals surface area contributed by atoms with Crippen LogP contribution in [-0.4, -0.2) is 13.1 Å². The first-order chi connectivity index (χ1) is 7.43. The Morgan fingerprint density at radius 1 is 1.13 bits per heavy atom. The van der Waals surface area contributed by atoms with Crippen LogP contribution in [0.2, 0.25) is 0 Å². The van der Waals surface area contributed by atoms with Crippen LogP contribution in [0.5, 0.6) is 0 Å². The van der Waals surface area contributed by atoms with E-state index in [4.69, 9.17) is 0 Å². The SMILES string of the molecule is O=COCCCC=CCc1ccccc1. The van der Waals surface area contributed by atoms with Crippen LogP contribution in [0.1, 0.15) is 18.4 Å². The highest BCUT2D eigenvalue weighted by molar-refractivity contribution is 5.36. The van der Waals surface area contributed by atoms with Gasteiger partial charge in [0.05, 0.1) is 6.61 Å². The van der Waals surface area contributed by atoms with Gasteiger partial charge >= 0.3 is 0 Å². The average Bonchev–Trinajstić information content (AvgIpc) is 2.29. The number of rotatable bonds is 7. The van der Waals surface area contributed by atoms with E-state index in [1.54, 1.807) is 0 Å². The third-order valence-electron chi connectivity index (χ3n) is 2.06. The molecule has 0 fully saturated rings. The van der Waals surface area contributed by atoms with E-state index in [1.807, 2.05) is 18.2 Å². The lowest BCUT2D eigenvalue weighted by atomic mass is 10.1. The minimum Gasteiger partial charge on any atom is -0.468 e. The van der Waals surface area contributed by atoms with E-state index in [0.717, 1.165) is 19.3 Å². The van der Waals surface area contributed by atoms with Crippen molar-refractivity contribution < 1.29 is 9.53 Å². The fraction of sp³-hybridized carbons (Fsp3) is 0.308. The smallest absolute Gasteiger partial charge is 0.293 e. The molecule has 0 atom stereocenters. The Kier molecular flexibility index (Phi) is 5.98. The standard InChI is InChI=1S/C13H16O2/c14-12-15-11-7-2-1-4-8-13-9-5-3-6-10-13/h1,3-6,9-10,12H,2,7-8,11H2. The van der Waals surface area contributed by atoms with E-state index < -0.39 is 0 Å². The highest BCUT2D eigenvalue weighted by atomic mass is 16.5. The molecule has 0 aliphatic carbocycles. The summed E-state index contributed by atoms with van der Waals surface area (Å²) in [6, 6.07) is 10.3. The molecule has 0 unspecified atom stereocenters. The number of unbranched alkanes of at least 4 members (excludes halogenated alkanes) is 1. The van der Waals surface area contributed by atoms with E-state index in [2.05, 4.69) is 29.0 Å². The van der Waals surface area contributed by atoms with Crippen molar-refractivity contribution in [1.29, 1.82) is 0 Å². The quantitative estimate of drug-likeness (QED) is 0.388. The summed E-state index contributed by atoms with van der Waals surface area (Å²) < 4.78 is 4.58. The van der Waals surface area contributed by atoms with Crippen molar-refractivity contribution in [3.63, 3.8) is 0 Å². The first-order valence-corrected chi connectivity index (χ1v) is 5.17. The lowest BCUT2D eigenvalue weighted by Crippen LogP contribution is -1.89. The zero-order valence-electron chi connectivity index (χ0n) is 8.76. The Morgan fingerprint density at radius 3 is 2.67 bits per heavy atom. The third kappa shape index (κ3) is 5.68. The minimum absolute atomic E-state index is 0.494. The summed E-state index contributed by atoms with van der Waals surface area (Å²) >= 11 is 0. The summed E-state index contributed by atoms with van der Waals surface area (Å²) in [6.07, 6.45) is 7.09. The summed E-state index contributed by atoms with van der Waals surface area (Å²) in [4.78, 5) is 9.84. The van der Waals surface area contributed by atoms with Crippen molar-refractivity contribution in [3.05, 3.63) is 48.0 Å². The summed E-state index contributed by atoms with van der Waals surface area (Å²) in [5, 5.41) is 0. The van der Waals surface area contributed by atoms with E-state index >= 15 is 0 Å². The van der Waals surface area contributed by atoms with Crippen LogP contribution in [0, 0.1) is 0 Å². The Balaban J connectivity index is 2.09. The van der Waals surface area contributed by atoms with Gasteiger partial charge in [-0.05, 0) is 24.8 Å². The van der Waals surface area contributed by atoms with Crippen molar-refractivity contribution in [2.75, 3.05) is 6.61 Å². The lowest BCUT2D eigenvalue weighted by Gasteiger charge is -1.95. The Hall–Kier alpha value is -1.57. The zero-order chi connectivity index (χ0) is 10.8. The first kappa shape index (κ1) is 11.5. The normalized spacial score (nSPS) is 10.4. The van der Waals surface area contributed by atoms with Crippen molar-refractivity contribution in [2.24, 2.45) is 0 Å². The molecule has 0 amide bonds. The van der Waals surface area contributed by atoms with Gasteiger partial charge < -0.3 is 4.74 Å². The van der Waals surface area contributed by atoms with Crippen LogP contribution in [0.15, 0.2) is 42.5 Å². The average molecular weight is 204 g/mol. The van der Waals surface area contributed by atoms with Gasteiger partial charge in [-0.3, -0.25) is 4.79 Å². The molecular weight excluding hydrogens is 188 g/mol. The molecule has 0 bridgehead atoms. The number of hydrogen-bond donors (Lipinski definition) is 0. The van der Waals surface area contributed by atoms with Crippen LogP contribution in [0.25, 0.3) is 0 Å². The third-order valence-corrected chi connectivity index (χ3v) is 2.06. The molecule has 1 aromatic carbocycles. The van der Waals surface area contributed by atoms with Gasteiger partial charge in [-0.25, -0.2) is 0 Å². The van der Waals surface area contributed by atoms with Crippen LogP contribution in [-0.2, 0) is 16.0 Å². The molecule has 0 aliphatic heterocycles. The van der Waals surface area contributed by atoms with Crippen molar-refractivity contribution in [3.8, 4) is 0 Å². The lowest BCUT2D eigenvalue weighted by molar-refractivity contribution is -0.128. The van der Waals surface area contributed by atoms with Gasteiger partial charge in [0, 0.05) is 0 Å². The molecule has 0 spiro atoms. The molecule has 80 valence electrons. The molecule has 0 N–H and O–H groups in total. The van der Waals surface area contributed by atoms with Crippen LogP contribution in [0.4, 0.5) is 0 Å². The van der Waals surface area contributed by atoms with Gasteiger partial charge in [0.15, 0.2) is 0 Å². The number of carbonyl (C=O) groups is 1. The number of ether oxygens (including phenoxy) is 1. The second-order valence-electron chi connectivity index (χ2n) is 3.27. The Morgan fingerprint density at radius 2 is 1.93 bits per heavy atom. The van der Waals surface area contributed by atoms with Crippen LogP contribution >= 0.6 is 0 Å². The summed E-state index contributed by atoms with van der Waals surface area (Å²) in [7, 11) is 0. The molecule has 0 saturated carbocycles. The van der Waals surface area contributed by atoms with Crippen molar-refractivity contribution >= 4 is 6.47 Å². The van der Waals surface area contributed by atoms with Crippen LogP contribution in [0.3, 0.4) is 0 Å². The van der Waals surface area contributed by atoms with Gasteiger partial charge in [-0.2, -0.15) is 0 Å². The Bertz CT molecular complexity index is 291. The Labute approximate surface area is 90.6 Å². The van der Waals surface area contributed by atoms with Gasteiger partial charge in [0.25, 0.3) is 6.47 Å². The monoisotopic (exact) mass is 204 g/mol. The number of carbonyl (C=O) groups excluding carboxylic acids is 1. The second-order valence-corrected chi connectivity index (χ2v) is 3.27. The van der Waals surface area contributed by atoms with Crippen molar-refractivity contribution in [2.45, 2.75) is 19.3 Å². The first-order valence-electron chi connectivity index (χ1n) is 5.17. The predicted octanol–water partition coefficient (Wildman–Crippen LogP) is 2.74. The molecule has 0 radical (unpaired) electrons. The maximum absolute atomic E-state index is 9.84. The number of hydrogen-bond acceptors (Lipinski definition) is 2. The van der Waals surface area contributed by atoms with Gasteiger partial charge in [-0.1, -0.05) is 42.5 Å². The molecule has 2 heteroatoms. The predicted molar refractivity (Wildman–Crippen MR) is 60.5 cm³/mol. The largest absolute Gasteiger partial charge is 0.468 e. The molecule has 15 heavy (non-hydrogen) atoms. The van der Waals surface area contributed by atoms with Crippen molar-refractivity contribution in [1.82, 2.24) is 0 Å². The molecule has 1 aromatic rings. The van der Waals surface area contributed by atoms with Gasteiger partial charge in [0.2, 0.25) is 0 Å². The van der Waals surface area contributed by atoms with E-state index in [1.165, 1.54) is 5.56 Å². The van der Waals surface area contributed by atoms with E-state index in [-0.39, 0.29) is 0 Å². The number of benzene rings is 1. The highest BCUT2D eigenvalue weighted by Crippen LogP contribution is 2.01. The second kappa shape index (κ2) is 7.80. The molecular formula is C13H16O2.